The second-order valence-corrected chi connectivity index (χ2v) is 10.4. The van der Waals surface area contributed by atoms with Crippen molar-refractivity contribution in [3.8, 4) is 0 Å². The van der Waals surface area contributed by atoms with Gasteiger partial charge in [0.05, 0.1) is 5.75 Å². The van der Waals surface area contributed by atoms with E-state index in [0.29, 0.717) is 23.1 Å². The lowest BCUT2D eigenvalue weighted by Crippen LogP contribution is -2.45. The van der Waals surface area contributed by atoms with Crippen LogP contribution in [0, 0.1) is 0 Å². The van der Waals surface area contributed by atoms with Crippen molar-refractivity contribution in [2.24, 2.45) is 0 Å². The van der Waals surface area contributed by atoms with Crippen LogP contribution in [0.25, 0.3) is 11.0 Å². The van der Waals surface area contributed by atoms with Crippen LogP contribution in [0.3, 0.4) is 0 Å². The molecular formula is C24H28N2O4S. The first-order valence-corrected chi connectivity index (χ1v) is 12.7. The number of hydrogen-bond donors (Lipinski definition) is 1. The fraction of sp³-hybridized carbons (Fsp3) is 0.375. The molecule has 7 heteroatoms. The van der Waals surface area contributed by atoms with E-state index in [-0.39, 0.29) is 23.5 Å². The average Bonchev–Trinajstić information content (AvgIpc) is 3.11. The van der Waals surface area contributed by atoms with Crippen molar-refractivity contribution in [1.82, 2.24) is 10.2 Å². The molecule has 1 aliphatic rings. The van der Waals surface area contributed by atoms with Crippen molar-refractivity contribution >= 4 is 26.7 Å². The zero-order valence-corrected chi connectivity index (χ0v) is 18.7. The van der Waals surface area contributed by atoms with E-state index >= 15 is 0 Å². The Balaban J connectivity index is 1.50. The summed E-state index contributed by atoms with van der Waals surface area (Å²) in [4.78, 5) is 15.4. The van der Waals surface area contributed by atoms with Crippen molar-refractivity contribution in [2.45, 2.75) is 38.1 Å². The molecule has 6 nitrogen and oxygen atoms in total. The molecule has 0 spiro atoms. The number of para-hydroxylation sites is 1. The molecule has 0 saturated heterocycles. The standard InChI is InChI=1S/C24H28N2O4S/c1-3-19(26-13-12-17-8-4-5-9-18(17)15-26)14-25-24(27)23-21(16-31(2,28)29)20-10-6-7-11-22(20)30-23/h4-11,19H,3,12-16H2,1-2H3,(H,25,27). The molecule has 0 aliphatic carbocycles. The summed E-state index contributed by atoms with van der Waals surface area (Å²) < 4.78 is 29.7. The summed E-state index contributed by atoms with van der Waals surface area (Å²) >= 11 is 0. The van der Waals surface area contributed by atoms with Crippen molar-refractivity contribution in [3.63, 3.8) is 0 Å². The number of hydrogen-bond acceptors (Lipinski definition) is 5. The van der Waals surface area contributed by atoms with Gasteiger partial charge in [-0.05, 0) is 30.0 Å². The van der Waals surface area contributed by atoms with Crippen LogP contribution < -0.4 is 5.32 Å². The lowest BCUT2D eigenvalue weighted by Gasteiger charge is -2.35. The average molecular weight is 441 g/mol. The van der Waals surface area contributed by atoms with E-state index in [1.807, 2.05) is 6.07 Å². The largest absolute Gasteiger partial charge is 0.451 e. The summed E-state index contributed by atoms with van der Waals surface area (Å²) in [6.07, 6.45) is 3.07. The number of carbonyl (C=O) groups is 1. The molecule has 164 valence electrons. The summed E-state index contributed by atoms with van der Waals surface area (Å²) in [6, 6.07) is 15.8. The Morgan fingerprint density at radius 1 is 1.13 bits per heavy atom. The molecule has 0 bridgehead atoms. The minimum absolute atomic E-state index is 0.0884. The van der Waals surface area contributed by atoms with Gasteiger partial charge < -0.3 is 9.73 Å². The van der Waals surface area contributed by atoms with Crippen LogP contribution in [0.5, 0.6) is 0 Å². The Morgan fingerprint density at radius 3 is 2.58 bits per heavy atom. The highest BCUT2D eigenvalue weighted by Gasteiger charge is 2.26. The molecule has 31 heavy (non-hydrogen) atoms. The lowest BCUT2D eigenvalue weighted by atomic mass is 9.98. The maximum atomic E-state index is 13.0. The quantitative estimate of drug-likeness (QED) is 0.608. The van der Waals surface area contributed by atoms with Gasteiger partial charge in [0.25, 0.3) is 5.91 Å². The van der Waals surface area contributed by atoms with Gasteiger partial charge in [-0.3, -0.25) is 9.69 Å². The Kier molecular flexibility index (Phi) is 6.16. The third-order valence-corrected chi connectivity index (χ3v) is 6.77. The van der Waals surface area contributed by atoms with Gasteiger partial charge in [-0.25, -0.2) is 8.42 Å². The van der Waals surface area contributed by atoms with E-state index in [9.17, 15) is 13.2 Å². The minimum atomic E-state index is -3.32. The molecule has 2 aromatic carbocycles. The molecule has 1 aromatic heterocycles. The Hall–Kier alpha value is -2.64. The number of amides is 1. The van der Waals surface area contributed by atoms with Crippen LogP contribution >= 0.6 is 0 Å². The maximum Gasteiger partial charge on any atom is 0.287 e. The number of rotatable bonds is 7. The molecule has 0 fully saturated rings. The molecule has 1 unspecified atom stereocenters. The number of sulfone groups is 1. The smallest absolute Gasteiger partial charge is 0.287 e. The predicted molar refractivity (Wildman–Crippen MR) is 122 cm³/mol. The summed E-state index contributed by atoms with van der Waals surface area (Å²) in [6.45, 7) is 4.42. The third kappa shape index (κ3) is 4.83. The van der Waals surface area contributed by atoms with Crippen LogP contribution in [0.4, 0.5) is 0 Å². The first-order valence-electron chi connectivity index (χ1n) is 10.6. The highest BCUT2D eigenvalue weighted by molar-refractivity contribution is 7.89. The minimum Gasteiger partial charge on any atom is -0.451 e. The molecule has 1 atom stereocenters. The molecule has 1 N–H and O–H groups in total. The number of fused-ring (bicyclic) bond motifs is 2. The van der Waals surface area contributed by atoms with E-state index in [1.54, 1.807) is 18.2 Å². The summed E-state index contributed by atoms with van der Waals surface area (Å²) in [5, 5.41) is 3.65. The van der Waals surface area contributed by atoms with Gasteiger partial charge in [-0.15, -0.1) is 0 Å². The summed E-state index contributed by atoms with van der Waals surface area (Å²) in [5.41, 5.74) is 3.68. The molecule has 3 aromatic rings. The van der Waals surface area contributed by atoms with Crippen molar-refractivity contribution in [1.29, 1.82) is 0 Å². The van der Waals surface area contributed by atoms with Crippen LogP contribution in [-0.4, -0.2) is 44.6 Å². The molecule has 4 rings (SSSR count). The van der Waals surface area contributed by atoms with Crippen molar-refractivity contribution < 1.29 is 17.6 Å². The van der Waals surface area contributed by atoms with Crippen LogP contribution in [0.15, 0.2) is 52.9 Å². The highest BCUT2D eigenvalue weighted by Crippen LogP contribution is 2.28. The highest BCUT2D eigenvalue weighted by atomic mass is 32.2. The van der Waals surface area contributed by atoms with Crippen LogP contribution in [-0.2, 0) is 28.6 Å². The van der Waals surface area contributed by atoms with Gasteiger partial charge in [0.1, 0.15) is 5.58 Å². The van der Waals surface area contributed by atoms with Gasteiger partial charge in [0.2, 0.25) is 0 Å². The van der Waals surface area contributed by atoms with E-state index in [4.69, 9.17) is 4.42 Å². The summed E-state index contributed by atoms with van der Waals surface area (Å²) in [5.74, 6) is -0.511. The molecule has 1 aliphatic heterocycles. The monoisotopic (exact) mass is 440 g/mol. The first kappa shape index (κ1) is 21.6. The number of carbonyl (C=O) groups excluding carboxylic acids is 1. The molecular weight excluding hydrogens is 412 g/mol. The van der Waals surface area contributed by atoms with Crippen molar-refractivity contribution in [2.75, 3.05) is 19.3 Å². The zero-order valence-electron chi connectivity index (χ0n) is 17.9. The Bertz CT molecular complexity index is 1200. The van der Waals surface area contributed by atoms with Gasteiger partial charge >= 0.3 is 0 Å². The van der Waals surface area contributed by atoms with Crippen LogP contribution in [0.1, 0.15) is 40.6 Å². The fourth-order valence-corrected chi connectivity index (χ4v) is 5.15. The second-order valence-electron chi connectivity index (χ2n) is 8.24. The third-order valence-electron chi connectivity index (χ3n) is 5.96. The Labute approximate surface area is 183 Å². The number of benzene rings is 2. The fourth-order valence-electron chi connectivity index (χ4n) is 4.34. The van der Waals surface area contributed by atoms with E-state index in [1.165, 1.54) is 11.1 Å². The summed E-state index contributed by atoms with van der Waals surface area (Å²) in [7, 11) is -3.32. The van der Waals surface area contributed by atoms with Gasteiger partial charge in [-0.1, -0.05) is 49.4 Å². The zero-order chi connectivity index (χ0) is 22.0. The molecule has 0 radical (unpaired) electrons. The molecule has 2 heterocycles. The second kappa shape index (κ2) is 8.85. The topological polar surface area (TPSA) is 79.6 Å². The Morgan fingerprint density at radius 2 is 1.84 bits per heavy atom. The van der Waals surface area contributed by atoms with Gasteiger partial charge in [-0.2, -0.15) is 0 Å². The molecule has 0 saturated carbocycles. The number of nitrogens with zero attached hydrogens (tertiary/aromatic N) is 1. The van der Waals surface area contributed by atoms with E-state index < -0.39 is 9.84 Å². The van der Waals surface area contributed by atoms with Crippen LogP contribution in [0.2, 0.25) is 0 Å². The number of nitrogens with one attached hydrogen (secondary N) is 1. The molecule has 1 amide bonds. The van der Waals surface area contributed by atoms with E-state index in [0.717, 1.165) is 32.2 Å². The number of furan rings is 1. The predicted octanol–water partition coefficient (Wildman–Crippen LogP) is 3.54. The van der Waals surface area contributed by atoms with Gasteiger partial charge in [0, 0.05) is 42.9 Å². The van der Waals surface area contributed by atoms with Crippen molar-refractivity contribution in [3.05, 3.63) is 71.0 Å². The SMILES string of the molecule is CCC(CNC(=O)c1oc2ccccc2c1CS(C)(=O)=O)N1CCc2ccccc2C1. The lowest BCUT2D eigenvalue weighted by molar-refractivity contribution is 0.0900. The van der Waals surface area contributed by atoms with Gasteiger partial charge in [0.15, 0.2) is 15.6 Å². The normalized spacial score (nSPS) is 15.5. The van der Waals surface area contributed by atoms with E-state index in [2.05, 4.69) is 41.4 Å². The first-order chi connectivity index (χ1) is 14.9. The maximum absolute atomic E-state index is 13.0.